The van der Waals surface area contributed by atoms with Gasteiger partial charge in [-0.3, -0.25) is 0 Å². The first-order valence-electron chi connectivity index (χ1n) is 8.42. The Labute approximate surface area is 135 Å². The van der Waals surface area contributed by atoms with Crippen molar-refractivity contribution in [2.24, 2.45) is 5.73 Å². The molecule has 1 saturated carbocycles. The minimum Gasteiger partial charge on any atom is -0.398 e. The molecule has 0 amide bonds. The second-order valence-corrected chi connectivity index (χ2v) is 6.42. The van der Waals surface area contributed by atoms with E-state index in [9.17, 15) is 0 Å². The largest absolute Gasteiger partial charge is 0.398 e. The molecular formula is C20H28N2. The summed E-state index contributed by atoms with van der Waals surface area (Å²) < 4.78 is 0. The fraction of sp³-hybridized carbons (Fsp3) is 0.400. The van der Waals surface area contributed by atoms with E-state index >= 15 is 0 Å². The predicted octanol–water partition coefficient (Wildman–Crippen LogP) is 5.00. The van der Waals surface area contributed by atoms with Gasteiger partial charge in [0.25, 0.3) is 0 Å². The van der Waals surface area contributed by atoms with Crippen LogP contribution in [0.5, 0.6) is 0 Å². The van der Waals surface area contributed by atoms with Crippen LogP contribution in [-0.2, 0) is 0 Å². The minimum atomic E-state index is 0. The summed E-state index contributed by atoms with van der Waals surface area (Å²) >= 11 is 0. The van der Waals surface area contributed by atoms with Crippen molar-refractivity contribution in [1.29, 1.82) is 0 Å². The van der Waals surface area contributed by atoms with Crippen molar-refractivity contribution in [2.75, 3.05) is 0 Å². The van der Waals surface area contributed by atoms with Crippen molar-refractivity contribution in [2.45, 2.75) is 51.9 Å². The van der Waals surface area contributed by atoms with Crippen molar-refractivity contribution < 1.29 is 1.43 Å². The predicted molar refractivity (Wildman–Crippen MR) is 95.9 cm³/mol. The SMILES string of the molecule is CC1=CC=CC(NC(=C2CCCC2)C2=C(N)C=CCC2)=CC1.[HH]. The van der Waals surface area contributed by atoms with Crippen LogP contribution in [0.2, 0.25) is 0 Å². The van der Waals surface area contributed by atoms with Gasteiger partial charge in [0.2, 0.25) is 0 Å². The number of rotatable bonds is 3. The van der Waals surface area contributed by atoms with Crippen LogP contribution in [-0.4, -0.2) is 0 Å². The van der Waals surface area contributed by atoms with E-state index in [-0.39, 0.29) is 1.43 Å². The van der Waals surface area contributed by atoms with E-state index in [4.69, 9.17) is 5.73 Å². The average molecular weight is 296 g/mol. The molecule has 3 aliphatic carbocycles. The first-order valence-corrected chi connectivity index (χ1v) is 8.42. The third-order valence-electron chi connectivity index (χ3n) is 4.64. The Balaban J connectivity index is 0.00000192. The summed E-state index contributed by atoms with van der Waals surface area (Å²) in [5, 5.41) is 3.71. The Morgan fingerprint density at radius 1 is 1.18 bits per heavy atom. The minimum absolute atomic E-state index is 0. The molecule has 118 valence electrons. The highest BCUT2D eigenvalue weighted by atomic mass is 14.9. The van der Waals surface area contributed by atoms with Crippen molar-refractivity contribution in [3.8, 4) is 0 Å². The maximum atomic E-state index is 6.28. The molecule has 3 N–H and O–H groups in total. The summed E-state index contributed by atoms with van der Waals surface area (Å²) in [6.07, 6.45) is 21.2. The quantitative estimate of drug-likeness (QED) is 0.769. The number of hydrogen-bond acceptors (Lipinski definition) is 2. The van der Waals surface area contributed by atoms with Crippen LogP contribution in [0, 0.1) is 0 Å². The zero-order chi connectivity index (χ0) is 15.4. The van der Waals surface area contributed by atoms with Gasteiger partial charge in [-0.25, -0.2) is 0 Å². The summed E-state index contributed by atoms with van der Waals surface area (Å²) in [6, 6.07) is 0. The molecule has 0 aliphatic heterocycles. The lowest BCUT2D eigenvalue weighted by atomic mass is 9.95. The van der Waals surface area contributed by atoms with Gasteiger partial charge in [-0.15, -0.1) is 0 Å². The molecule has 1 fully saturated rings. The topological polar surface area (TPSA) is 38.0 Å². The van der Waals surface area contributed by atoms with Crippen molar-refractivity contribution in [3.63, 3.8) is 0 Å². The summed E-state index contributed by atoms with van der Waals surface area (Å²) in [6.45, 7) is 2.17. The fourth-order valence-electron chi connectivity index (χ4n) is 3.34. The Bertz CT molecular complexity index is 622. The molecule has 0 aromatic carbocycles. The number of nitrogens with one attached hydrogen (secondary N) is 1. The average Bonchev–Trinajstić information content (AvgIpc) is 2.97. The highest BCUT2D eigenvalue weighted by molar-refractivity contribution is 5.46. The van der Waals surface area contributed by atoms with Crippen molar-refractivity contribution >= 4 is 0 Å². The zero-order valence-electron chi connectivity index (χ0n) is 13.5. The maximum absolute atomic E-state index is 6.28. The van der Waals surface area contributed by atoms with Gasteiger partial charge in [-0.1, -0.05) is 29.9 Å². The molecule has 0 radical (unpaired) electrons. The highest BCUT2D eigenvalue weighted by Crippen LogP contribution is 2.33. The molecule has 0 bridgehead atoms. The first kappa shape index (κ1) is 15.0. The van der Waals surface area contributed by atoms with Gasteiger partial charge in [-0.05, 0) is 75.2 Å². The van der Waals surface area contributed by atoms with E-state index in [2.05, 4.69) is 48.7 Å². The van der Waals surface area contributed by atoms with Crippen molar-refractivity contribution in [1.82, 2.24) is 5.32 Å². The third-order valence-corrected chi connectivity index (χ3v) is 4.64. The molecule has 0 aromatic rings. The van der Waals surface area contributed by atoms with E-state index in [0.717, 1.165) is 25.0 Å². The molecule has 0 atom stereocenters. The van der Waals surface area contributed by atoms with Crippen molar-refractivity contribution in [3.05, 3.63) is 70.3 Å². The first-order chi connectivity index (χ1) is 10.7. The standard InChI is InChI=1S/C20H26N2.H2/c1-15-7-6-10-17(14-13-15)22-20(16-8-2-3-9-16)18-11-4-5-12-19(18)21;/h5-7,10,12,14,22H,2-4,8-9,11,13,21H2,1H3;1H. The Morgan fingerprint density at radius 3 is 2.77 bits per heavy atom. The summed E-state index contributed by atoms with van der Waals surface area (Å²) in [5.41, 5.74) is 14.0. The molecule has 22 heavy (non-hydrogen) atoms. The van der Waals surface area contributed by atoms with Gasteiger partial charge >= 0.3 is 0 Å². The van der Waals surface area contributed by atoms with Crippen LogP contribution in [0.3, 0.4) is 0 Å². The molecule has 0 aromatic heterocycles. The summed E-state index contributed by atoms with van der Waals surface area (Å²) in [7, 11) is 0. The highest BCUT2D eigenvalue weighted by Gasteiger charge is 2.19. The van der Waals surface area contributed by atoms with E-state index in [1.54, 1.807) is 5.57 Å². The van der Waals surface area contributed by atoms with Gasteiger partial charge in [-0.2, -0.15) is 0 Å². The van der Waals surface area contributed by atoms with Crippen LogP contribution in [0.25, 0.3) is 0 Å². The molecule has 0 saturated heterocycles. The zero-order valence-corrected chi connectivity index (χ0v) is 13.5. The lowest BCUT2D eigenvalue weighted by Gasteiger charge is -2.21. The lowest BCUT2D eigenvalue weighted by molar-refractivity contribution is 0.857. The van der Waals surface area contributed by atoms with Gasteiger partial charge < -0.3 is 11.1 Å². The smallest absolute Gasteiger partial charge is 0.0429 e. The maximum Gasteiger partial charge on any atom is 0.0429 e. The van der Waals surface area contributed by atoms with Crippen LogP contribution in [0.15, 0.2) is 70.3 Å². The monoisotopic (exact) mass is 296 g/mol. The van der Waals surface area contributed by atoms with Crippen LogP contribution in [0.4, 0.5) is 0 Å². The Kier molecular flexibility index (Phi) is 4.67. The van der Waals surface area contributed by atoms with Crippen LogP contribution >= 0.6 is 0 Å². The molecule has 3 rings (SSSR count). The van der Waals surface area contributed by atoms with Gasteiger partial charge in [0.05, 0.1) is 0 Å². The van der Waals surface area contributed by atoms with Gasteiger partial charge in [0.1, 0.15) is 0 Å². The fourth-order valence-corrected chi connectivity index (χ4v) is 3.34. The normalized spacial score (nSPS) is 21.6. The van der Waals surface area contributed by atoms with Gasteiger partial charge in [0, 0.05) is 18.5 Å². The second kappa shape index (κ2) is 6.87. The van der Waals surface area contributed by atoms with E-state index < -0.39 is 0 Å². The molecule has 0 unspecified atom stereocenters. The molecular weight excluding hydrogens is 268 g/mol. The van der Waals surface area contributed by atoms with Gasteiger partial charge in [0.15, 0.2) is 0 Å². The molecule has 2 heteroatoms. The third kappa shape index (κ3) is 3.44. The van der Waals surface area contributed by atoms with E-state index in [1.165, 1.54) is 48.2 Å². The number of nitrogens with two attached hydrogens (primary N) is 1. The van der Waals surface area contributed by atoms with E-state index in [1.807, 2.05) is 0 Å². The summed E-state index contributed by atoms with van der Waals surface area (Å²) in [5.74, 6) is 0. The Morgan fingerprint density at radius 2 is 2.00 bits per heavy atom. The van der Waals surface area contributed by atoms with E-state index in [0.29, 0.717) is 0 Å². The molecule has 3 aliphatic rings. The van der Waals surface area contributed by atoms with Crippen LogP contribution < -0.4 is 11.1 Å². The molecule has 0 heterocycles. The lowest BCUT2D eigenvalue weighted by Crippen LogP contribution is -2.19. The number of allylic oxidation sites excluding steroid dienone is 9. The summed E-state index contributed by atoms with van der Waals surface area (Å²) in [4.78, 5) is 0. The molecule has 0 spiro atoms. The second-order valence-electron chi connectivity index (χ2n) is 6.42. The van der Waals surface area contributed by atoms with Crippen LogP contribution in [0.1, 0.15) is 53.3 Å². The molecule has 2 nitrogen and oxygen atoms in total. The Hall–Kier alpha value is -1.96. The number of hydrogen-bond donors (Lipinski definition) is 2.